The van der Waals surface area contributed by atoms with Crippen LogP contribution in [0.25, 0.3) is 0 Å². The Morgan fingerprint density at radius 3 is 2.48 bits per heavy atom. The number of rotatable bonds is 5. The van der Waals surface area contributed by atoms with Gasteiger partial charge in [0.25, 0.3) is 0 Å². The topological polar surface area (TPSA) is 32.8 Å². The van der Waals surface area contributed by atoms with E-state index in [4.69, 9.17) is 4.74 Å². The van der Waals surface area contributed by atoms with Crippen LogP contribution in [0, 0.1) is 11.8 Å². The first-order chi connectivity index (χ1) is 12.1. The predicted molar refractivity (Wildman–Crippen MR) is 101 cm³/mol. The summed E-state index contributed by atoms with van der Waals surface area (Å²) < 4.78 is 5.54. The number of likely N-dealkylation sites (tertiary alicyclic amines) is 2. The van der Waals surface area contributed by atoms with Gasteiger partial charge >= 0.3 is 0 Å². The third-order valence-electron chi connectivity index (χ3n) is 5.50. The molecule has 25 heavy (non-hydrogen) atoms. The molecule has 0 unspecified atom stereocenters. The summed E-state index contributed by atoms with van der Waals surface area (Å²) in [7, 11) is 0. The highest BCUT2D eigenvalue weighted by molar-refractivity contribution is 5.78. The number of carbonyl (C=O) groups is 1. The number of hydrogen-bond acceptors (Lipinski definition) is 3. The van der Waals surface area contributed by atoms with Crippen LogP contribution in [0.4, 0.5) is 0 Å². The van der Waals surface area contributed by atoms with Gasteiger partial charge in [-0.15, -0.1) is 0 Å². The van der Waals surface area contributed by atoms with E-state index in [-0.39, 0.29) is 0 Å². The lowest BCUT2D eigenvalue weighted by Crippen LogP contribution is -2.46. The normalized spacial score (nSPS) is 27.5. The first kappa shape index (κ1) is 18.2. The molecule has 4 nitrogen and oxygen atoms in total. The fraction of sp³-hybridized carbons (Fsp3) is 0.667. The Labute approximate surface area is 152 Å². The predicted octanol–water partition coefficient (Wildman–Crippen LogP) is 3.73. The van der Waals surface area contributed by atoms with Crippen molar-refractivity contribution in [3.8, 4) is 5.75 Å². The minimum absolute atomic E-state index is 0.302. The van der Waals surface area contributed by atoms with Crippen LogP contribution < -0.4 is 4.74 Å². The molecule has 2 saturated heterocycles. The van der Waals surface area contributed by atoms with Crippen molar-refractivity contribution >= 4 is 5.91 Å². The Kier molecular flexibility index (Phi) is 6.00. The fourth-order valence-electron chi connectivity index (χ4n) is 4.49. The first-order valence-corrected chi connectivity index (χ1v) is 9.81. The molecule has 1 amide bonds. The molecule has 138 valence electrons. The second-order valence-corrected chi connectivity index (χ2v) is 7.88. The number of piperidine rings is 1. The van der Waals surface area contributed by atoms with Crippen molar-refractivity contribution in [3.05, 3.63) is 29.8 Å². The van der Waals surface area contributed by atoms with Gasteiger partial charge in [0.15, 0.2) is 0 Å². The van der Waals surface area contributed by atoms with E-state index in [0.717, 1.165) is 38.2 Å². The number of carbonyl (C=O) groups excluding carboxylic acids is 1. The molecule has 2 aliphatic heterocycles. The summed E-state index contributed by atoms with van der Waals surface area (Å²) in [6.45, 7) is 10.6. The summed E-state index contributed by atoms with van der Waals surface area (Å²) in [4.78, 5) is 17.3. The van der Waals surface area contributed by atoms with Crippen molar-refractivity contribution in [2.45, 2.75) is 46.1 Å². The smallest absolute Gasteiger partial charge is 0.236 e. The van der Waals surface area contributed by atoms with E-state index in [9.17, 15) is 4.79 Å². The maximum atomic E-state index is 12.8. The van der Waals surface area contributed by atoms with Crippen molar-refractivity contribution in [3.63, 3.8) is 0 Å². The van der Waals surface area contributed by atoms with E-state index in [1.165, 1.54) is 12.0 Å². The number of amides is 1. The summed E-state index contributed by atoms with van der Waals surface area (Å²) in [6, 6.07) is 8.77. The molecule has 0 N–H and O–H groups in total. The van der Waals surface area contributed by atoms with Crippen molar-refractivity contribution in [1.29, 1.82) is 0 Å². The summed E-state index contributed by atoms with van der Waals surface area (Å²) in [6.07, 6.45) is 3.54. The van der Waals surface area contributed by atoms with Gasteiger partial charge in [0, 0.05) is 19.1 Å². The van der Waals surface area contributed by atoms with Gasteiger partial charge in [-0.3, -0.25) is 9.69 Å². The Morgan fingerprint density at radius 1 is 1.16 bits per heavy atom. The van der Waals surface area contributed by atoms with Crippen LogP contribution in [0.15, 0.2) is 24.3 Å². The van der Waals surface area contributed by atoms with Gasteiger partial charge < -0.3 is 9.64 Å². The van der Waals surface area contributed by atoms with Gasteiger partial charge in [0.05, 0.1) is 13.2 Å². The van der Waals surface area contributed by atoms with Gasteiger partial charge in [0.1, 0.15) is 5.75 Å². The van der Waals surface area contributed by atoms with Gasteiger partial charge in [-0.1, -0.05) is 26.0 Å². The van der Waals surface area contributed by atoms with Gasteiger partial charge in [-0.25, -0.2) is 0 Å². The molecular weight excluding hydrogens is 312 g/mol. The Hall–Kier alpha value is -1.55. The van der Waals surface area contributed by atoms with Crippen molar-refractivity contribution in [2.75, 3.05) is 32.8 Å². The summed E-state index contributed by atoms with van der Waals surface area (Å²) in [5.41, 5.74) is 1.30. The van der Waals surface area contributed by atoms with E-state index in [1.807, 2.05) is 19.1 Å². The highest BCUT2D eigenvalue weighted by atomic mass is 16.5. The third kappa shape index (κ3) is 4.55. The number of ether oxygens (including phenoxy) is 1. The second-order valence-electron chi connectivity index (χ2n) is 7.88. The zero-order valence-electron chi connectivity index (χ0n) is 15.9. The van der Waals surface area contributed by atoms with E-state index < -0.39 is 0 Å². The molecule has 2 aliphatic rings. The zero-order chi connectivity index (χ0) is 17.8. The molecule has 1 aromatic carbocycles. The molecule has 0 spiro atoms. The minimum Gasteiger partial charge on any atom is -0.494 e. The summed E-state index contributed by atoms with van der Waals surface area (Å²) >= 11 is 0. The van der Waals surface area contributed by atoms with Crippen molar-refractivity contribution in [2.24, 2.45) is 11.8 Å². The van der Waals surface area contributed by atoms with Crippen molar-refractivity contribution in [1.82, 2.24) is 9.80 Å². The number of benzene rings is 1. The summed E-state index contributed by atoms with van der Waals surface area (Å²) in [5, 5.41) is 0. The highest BCUT2D eigenvalue weighted by Gasteiger charge is 2.31. The molecule has 0 aromatic heterocycles. The highest BCUT2D eigenvalue weighted by Crippen LogP contribution is 2.33. The molecule has 3 rings (SSSR count). The monoisotopic (exact) mass is 344 g/mol. The van der Waals surface area contributed by atoms with Gasteiger partial charge in [0.2, 0.25) is 5.91 Å². The Bertz CT molecular complexity index is 562. The Morgan fingerprint density at radius 2 is 1.84 bits per heavy atom. The average Bonchev–Trinajstić information content (AvgIpc) is 3.03. The van der Waals surface area contributed by atoms with Crippen LogP contribution in [0.5, 0.6) is 5.75 Å². The SMILES string of the molecule is CCOc1ccc([C@@H]2CCCN2CC(=O)N2C[C@@H](C)C[C@H](C)C2)cc1. The molecule has 3 atom stereocenters. The van der Waals surface area contributed by atoms with E-state index >= 15 is 0 Å². The van der Waals surface area contributed by atoms with Crippen molar-refractivity contribution < 1.29 is 9.53 Å². The number of nitrogens with zero attached hydrogens (tertiary/aromatic N) is 2. The van der Waals surface area contributed by atoms with E-state index in [2.05, 4.69) is 35.8 Å². The molecule has 2 heterocycles. The third-order valence-corrected chi connectivity index (χ3v) is 5.50. The Balaban J connectivity index is 1.62. The fourth-order valence-corrected chi connectivity index (χ4v) is 4.49. The van der Waals surface area contributed by atoms with Gasteiger partial charge in [-0.05, 0) is 62.3 Å². The van der Waals surface area contributed by atoms with E-state index in [0.29, 0.717) is 36.9 Å². The van der Waals surface area contributed by atoms with E-state index in [1.54, 1.807) is 0 Å². The quantitative estimate of drug-likeness (QED) is 0.816. The van der Waals surface area contributed by atoms with Crippen LogP contribution >= 0.6 is 0 Å². The van der Waals surface area contributed by atoms with Crippen LogP contribution in [0.3, 0.4) is 0 Å². The van der Waals surface area contributed by atoms with Crippen LogP contribution in [0.2, 0.25) is 0 Å². The lowest BCUT2D eigenvalue weighted by Gasteiger charge is -2.36. The average molecular weight is 344 g/mol. The molecule has 4 heteroatoms. The minimum atomic E-state index is 0.302. The molecule has 0 aliphatic carbocycles. The molecular formula is C21H32N2O2. The number of hydrogen-bond donors (Lipinski definition) is 0. The van der Waals surface area contributed by atoms with Gasteiger partial charge in [-0.2, -0.15) is 0 Å². The maximum Gasteiger partial charge on any atom is 0.236 e. The van der Waals surface area contributed by atoms with Crippen LogP contribution in [-0.2, 0) is 4.79 Å². The molecule has 0 radical (unpaired) electrons. The largest absolute Gasteiger partial charge is 0.494 e. The maximum absolute atomic E-state index is 12.8. The molecule has 2 fully saturated rings. The standard InChI is InChI=1S/C21H32N2O2/c1-4-25-19-9-7-18(8-10-19)20-6-5-11-22(20)15-21(24)23-13-16(2)12-17(3)14-23/h7-10,16-17,20H,4-6,11-15H2,1-3H3/t16-,17-,20-/m0/s1. The molecule has 0 bridgehead atoms. The van der Waals surface area contributed by atoms with Crippen LogP contribution in [-0.4, -0.2) is 48.5 Å². The lowest BCUT2D eigenvalue weighted by molar-refractivity contribution is -0.135. The molecule has 1 aromatic rings. The lowest BCUT2D eigenvalue weighted by atomic mass is 9.92. The summed E-state index contributed by atoms with van der Waals surface area (Å²) in [5.74, 6) is 2.46. The van der Waals surface area contributed by atoms with Crippen LogP contribution in [0.1, 0.15) is 51.6 Å². The first-order valence-electron chi connectivity index (χ1n) is 9.81. The zero-order valence-corrected chi connectivity index (χ0v) is 15.9. The molecule has 0 saturated carbocycles. The second kappa shape index (κ2) is 8.22.